The molecule has 3 heterocycles. The number of carbonyl (C=O) groups is 3. The molecule has 3 amide bonds. The van der Waals surface area contributed by atoms with Crippen LogP contribution in [-0.4, -0.2) is 46.7 Å². The van der Waals surface area contributed by atoms with Crippen LogP contribution in [0.4, 0.5) is 0 Å². The zero-order valence-corrected chi connectivity index (χ0v) is 15.5. The van der Waals surface area contributed by atoms with Crippen LogP contribution in [0.3, 0.4) is 0 Å². The van der Waals surface area contributed by atoms with E-state index in [4.69, 9.17) is 10.2 Å². The summed E-state index contributed by atoms with van der Waals surface area (Å²) in [4.78, 5) is 40.9. The summed E-state index contributed by atoms with van der Waals surface area (Å²) < 4.78 is 5.17. The van der Waals surface area contributed by atoms with Crippen molar-refractivity contribution in [3.63, 3.8) is 0 Å². The summed E-state index contributed by atoms with van der Waals surface area (Å²) in [6.45, 7) is 1.37. The van der Waals surface area contributed by atoms with Gasteiger partial charge in [0.15, 0.2) is 5.76 Å². The molecule has 4 rings (SSSR count). The van der Waals surface area contributed by atoms with Crippen LogP contribution in [0.1, 0.15) is 34.5 Å². The largest absolute Gasteiger partial charge is 0.459 e. The molecule has 1 aromatic heterocycles. The first-order valence-corrected chi connectivity index (χ1v) is 9.54. The maximum atomic E-state index is 13.2. The predicted octanol–water partition coefficient (Wildman–Crippen LogP) is 1.57. The van der Waals surface area contributed by atoms with Gasteiger partial charge in [-0.2, -0.15) is 0 Å². The van der Waals surface area contributed by atoms with E-state index in [-0.39, 0.29) is 17.7 Å². The number of nitrogens with zero attached hydrogens (tertiary/aromatic N) is 2. The van der Waals surface area contributed by atoms with Gasteiger partial charge in [0.25, 0.3) is 5.91 Å². The van der Waals surface area contributed by atoms with Gasteiger partial charge in [0, 0.05) is 32.0 Å². The summed E-state index contributed by atoms with van der Waals surface area (Å²) in [5.74, 6) is -0.589. The molecule has 1 saturated heterocycles. The fourth-order valence-electron chi connectivity index (χ4n) is 4.13. The third kappa shape index (κ3) is 3.40. The average Bonchev–Trinajstić information content (AvgIpc) is 3.26. The van der Waals surface area contributed by atoms with Crippen molar-refractivity contribution in [3.05, 3.63) is 59.5 Å². The first-order chi connectivity index (χ1) is 13.5. The monoisotopic (exact) mass is 381 g/mol. The molecule has 0 unspecified atom stereocenters. The molecule has 28 heavy (non-hydrogen) atoms. The smallest absolute Gasteiger partial charge is 0.289 e. The van der Waals surface area contributed by atoms with Crippen molar-refractivity contribution in [2.75, 3.05) is 13.1 Å². The summed E-state index contributed by atoms with van der Waals surface area (Å²) in [6.07, 6.45) is 3.05. The van der Waals surface area contributed by atoms with Gasteiger partial charge in [-0.1, -0.05) is 24.3 Å². The van der Waals surface area contributed by atoms with E-state index in [9.17, 15) is 14.4 Å². The average molecular weight is 381 g/mol. The Hall–Kier alpha value is -3.09. The summed E-state index contributed by atoms with van der Waals surface area (Å²) in [7, 11) is 0. The highest BCUT2D eigenvalue weighted by atomic mass is 16.3. The van der Waals surface area contributed by atoms with E-state index in [1.165, 1.54) is 6.26 Å². The van der Waals surface area contributed by atoms with Crippen LogP contribution in [-0.2, 0) is 22.6 Å². The van der Waals surface area contributed by atoms with Gasteiger partial charge in [0.2, 0.25) is 11.8 Å². The molecule has 0 radical (unpaired) electrons. The molecule has 2 N–H and O–H groups in total. The van der Waals surface area contributed by atoms with Crippen molar-refractivity contribution >= 4 is 17.7 Å². The minimum absolute atomic E-state index is 0.0524. The number of likely N-dealkylation sites (tertiary alicyclic amines) is 1. The lowest BCUT2D eigenvalue weighted by atomic mass is 9.89. The van der Waals surface area contributed by atoms with E-state index in [0.29, 0.717) is 44.7 Å². The maximum Gasteiger partial charge on any atom is 0.289 e. The van der Waals surface area contributed by atoms with Crippen LogP contribution in [0.15, 0.2) is 47.1 Å². The van der Waals surface area contributed by atoms with Crippen molar-refractivity contribution in [1.29, 1.82) is 0 Å². The zero-order valence-electron chi connectivity index (χ0n) is 15.5. The Balaban J connectivity index is 1.44. The molecule has 0 aliphatic carbocycles. The van der Waals surface area contributed by atoms with Crippen LogP contribution in [0.5, 0.6) is 0 Å². The van der Waals surface area contributed by atoms with Gasteiger partial charge in [-0.15, -0.1) is 0 Å². The Kier molecular flexibility index (Phi) is 4.90. The van der Waals surface area contributed by atoms with Crippen molar-refractivity contribution in [1.82, 2.24) is 9.80 Å². The highest BCUT2D eigenvalue weighted by Crippen LogP contribution is 2.28. The normalized spacial score (nSPS) is 19.9. The molecule has 7 heteroatoms. The molecule has 1 aromatic carbocycles. The first kappa shape index (κ1) is 18.3. The summed E-state index contributed by atoms with van der Waals surface area (Å²) in [5.41, 5.74) is 7.72. The van der Waals surface area contributed by atoms with Crippen LogP contribution >= 0.6 is 0 Å². The van der Waals surface area contributed by atoms with Crippen LogP contribution in [0.2, 0.25) is 0 Å². The number of amides is 3. The van der Waals surface area contributed by atoms with Gasteiger partial charge in [-0.3, -0.25) is 14.4 Å². The number of hydrogen-bond donors (Lipinski definition) is 1. The number of carbonyl (C=O) groups excluding carboxylic acids is 3. The van der Waals surface area contributed by atoms with Gasteiger partial charge < -0.3 is 20.0 Å². The Bertz CT molecular complexity index is 885. The fraction of sp³-hybridized carbons (Fsp3) is 0.381. The molecule has 0 spiro atoms. The molecule has 2 aromatic rings. The standard InChI is InChI=1S/C21H23N3O4/c22-19(25)17-12-15-4-1-2-5-16(15)13-24(17)20(26)14-7-9-23(10-8-14)21(27)18-6-3-11-28-18/h1-6,11,14,17H,7-10,12-13H2,(H2,22,25)/t17-/m1/s1. The lowest BCUT2D eigenvalue weighted by Crippen LogP contribution is -2.54. The Labute approximate surface area is 163 Å². The second-order valence-electron chi connectivity index (χ2n) is 7.40. The van der Waals surface area contributed by atoms with E-state index < -0.39 is 11.9 Å². The minimum atomic E-state index is -0.620. The van der Waals surface area contributed by atoms with Gasteiger partial charge in [0.05, 0.1) is 6.26 Å². The van der Waals surface area contributed by atoms with Gasteiger partial charge in [-0.05, 0) is 36.1 Å². The van der Waals surface area contributed by atoms with E-state index in [0.717, 1.165) is 11.1 Å². The lowest BCUT2D eigenvalue weighted by molar-refractivity contribution is -0.145. The molecular formula is C21H23N3O4. The molecule has 2 aliphatic rings. The molecule has 1 fully saturated rings. The van der Waals surface area contributed by atoms with Crippen LogP contribution < -0.4 is 5.73 Å². The van der Waals surface area contributed by atoms with Gasteiger partial charge in [0.1, 0.15) is 6.04 Å². The Morgan fingerprint density at radius 1 is 1.00 bits per heavy atom. The van der Waals surface area contributed by atoms with Crippen molar-refractivity contribution in [2.24, 2.45) is 11.7 Å². The molecule has 1 atom stereocenters. The molecule has 0 saturated carbocycles. The highest BCUT2D eigenvalue weighted by molar-refractivity contribution is 5.92. The predicted molar refractivity (Wildman–Crippen MR) is 101 cm³/mol. The van der Waals surface area contributed by atoms with E-state index in [2.05, 4.69) is 0 Å². The highest BCUT2D eigenvalue weighted by Gasteiger charge is 2.38. The summed E-state index contributed by atoms with van der Waals surface area (Å²) in [6, 6.07) is 10.5. The molecule has 2 aliphatic heterocycles. The van der Waals surface area contributed by atoms with E-state index >= 15 is 0 Å². The number of piperidine rings is 1. The van der Waals surface area contributed by atoms with Crippen molar-refractivity contribution < 1.29 is 18.8 Å². The summed E-state index contributed by atoms with van der Waals surface area (Å²) in [5, 5.41) is 0. The quantitative estimate of drug-likeness (QED) is 0.873. The first-order valence-electron chi connectivity index (χ1n) is 9.54. The number of nitrogens with two attached hydrogens (primary N) is 1. The maximum absolute atomic E-state index is 13.2. The van der Waals surface area contributed by atoms with Gasteiger partial charge in [-0.25, -0.2) is 0 Å². The van der Waals surface area contributed by atoms with Crippen molar-refractivity contribution in [3.8, 4) is 0 Å². The molecule has 0 bridgehead atoms. The minimum Gasteiger partial charge on any atom is -0.459 e. The Morgan fingerprint density at radius 2 is 1.71 bits per heavy atom. The van der Waals surface area contributed by atoms with Gasteiger partial charge >= 0.3 is 0 Å². The number of furan rings is 1. The van der Waals surface area contributed by atoms with E-state index in [1.54, 1.807) is 21.9 Å². The summed E-state index contributed by atoms with van der Waals surface area (Å²) >= 11 is 0. The second-order valence-corrected chi connectivity index (χ2v) is 7.40. The second kappa shape index (κ2) is 7.50. The van der Waals surface area contributed by atoms with Crippen LogP contribution in [0, 0.1) is 5.92 Å². The van der Waals surface area contributed by atoms with Crippen LogP contribution in [0.25, 0.3) is 0 Å². The molecular weight excluding hydrogens is 358 g/mol. The number of rotatable bonds is 3. The Morgan fingerprint density at radius 3 is 2.36 bits per heavy atom. The number of hydrogen-bond acceptors (Lipinski definition) is 4. The van der Waals surface area contributed by atoms with Crippen molar-refractivity contribution in [2.45, 2.75) is 31.8 Å². The fourth-order valence-corrected chi connectivity index (χ4v) is 4.13. The number of benzene rings is 1. The third-order valence-corrected chi connectivity index (χ3v) is 5.72. The molecule has 146 valence electrons. The number of primary amides is 1. The zero-order chi connectivity index (χ0) is 19.7. The molecule has 7 nitrogen and oxygen atoms in total. The number of fused-ring (bicyclic) bond motifs is 1. The topological polar surface area (TPSA) is 96.9 Å². The lowest BCUT2D eigenvalue weighted by Gasteiger charge is -2.39. The third-order valence-electron chi connectivity index (χ3n) is 5.72. The SMILES string of the molecule is NC(=O)[C@H]1Cc2ccccc2CN1C(=O)C1CCN(C(=O)c2ccco2)CC1. The van der Waals surface area contributed by atoms with E-state index in [1.807, 2.05) is 24.3 Å².